The van der Waals surface area contributed by atoms with Gasteiger partial charge in [-0.25, -0.2) is 0 Å². The molecule has 1 saturated heterocycles. The first-order valence-electron chi connectivity index (χ1n) is 13.2. The van der Waals surface area contributed by atoms with E-state index in [-0.39, 0.29) is 18.0 Å². The second kappa shape index (κ2) is 11.3. The van der Waals surface area contributed by atoms with Gasteiger partial charge in [0.15, 0.2) is 5.11 Å². The van der Waals surface area contributed by atoms with Crippen molar-refractivity contribution in [3.63, 3.8) is 0 Å². The highest BCUT2D eigenvalue weighted by Gasteiger charge is 2.42. The van der Waals surface area contributed by atoms with Crippen molar-refractivity contribution >= 4 is 46.2 Å². The van der Waals surface area contributed by atoms with Crippen LogP contribution in [0.1, 0.15) is 53.6 Å². The van der Waals surface area contributed by atoms with Crippen LogP contribution in [0, 0.1) is 20.8 Å². The molecular formula is C31H32ClN5O2S. The Morgan fingerprint density at radius 1 is 1.12 bits per heavy atom. The molecule has 2 aromatic carbocycles. The fraction of sp³-hybridized carbons (Fsp3) is 0.258. The summed E-state index contributed by atoms with van der Waals surface area (Å²) in [6, 6.07) is 19.4. The van der Waals surface area contributed by atoms with Crippen LogP contribution in [0.15, 0.2) is 66.9 Å². The summed E-state index contributed by atoms with van der Waals surface area (Å²) in [5.41, 5.74) is 7.81. The first-order valence-corrected chi connectivity index (χ1v) is 14.0. The summed E-state index contributed by atoms with van der Waals surface area (Å²) in [5, 5.41) is 7.71. The number of benzene rings is 2. The lowest BCUT2D eigenvalue weighted by Crippen LogP contribution is -2.29. The predicted octanol–water partition coefficient (Wildman–Crippen LogP) is 6.99. The highest BCUT2D eigenvalue weighted by molar-refractivity contribution is 7.80. The van der Waals surface area contributed by atoms with Gasteiger partial charge in [0, 0.05) is 46.5 Å². The molecule has 2 N–H and O–H groups in total. The van der Waals surface area contributed by atoms with Crippen LogP contribution in [0.3, 0.4) is 0 Å². The minimum Gasteiger partial charge on any atom is -0.494 e. The number of methoxy groups -OCH3 is 1. The molecule has 0 aliphatic carbocycles. The minimum absolute atomic E-state index is 0.0822. The van der Waals surface area contributed by atoms with E-state index in [0.29, 0.717) is 28.0 Å². The molecule has 3 heterocycles. The van der Waals surface area contributed by atoms with Gasteiger partial charge < -0.3 is 24.8 Å². The number of anilines is 2. The topological polar surface area (TPSA) is 71.4 Å². The second-order valence-corrected chi connectivity index (χ2v) is 10.7. The average molecular weight is 574 g/mol. The Kier molecular flexibility index (Phi) is 7.83. The molecule has 7 nitrogen and oxygen atoms in total. The number of hydrogen-bond donors (Lipinski definition) is 2. The van der Waals surface area contributed by atoms with Gasteiger partial charge in [0.05, 0.1) is 30.6 Å². The van der Waals surface area contributed by atoms with E-state index in [1.54, 1.807) is 13.3 Å². The molecule has 9 heteroatoms. The van der Waals surface area contributed by atoms with E-state index >= 15 is 0 Å². The minimum atomic E-state index is -0.206. The molecule has 0 radical (unpaired) electrons. The van der Waals surface area contributed by atoms with Crippen molar-refractivity contribution in [3.05, 3.63) is 100 Å². The third-order valence-corrected chi connectivity index (χ3v) is 7.91. The fourth-order valence-corrected chi connectivity index (χ4v) is 5.91. The summed E-state index contributed by atoms with van der Waals surface area (Å²) < 4.78 is 7.92. The lowest BCUT2D eigenvalue weighted by molar-refractivity contribution is -0.115. The molecule has 0 unspecified atom stereocenters. The summed E-state index contributed by atoms with van der Waals surface area (Å²) >= 11 is 12.4. The Hall–Kier alpha value is -3.88. The van der Waals surface area contributed by atoms with Crippen molar-refractivity contribution in [1.82, 2.24) is 14.9 Å². The smallest absolute Gasteiger partial charge is 0.224 e. The SMILES string of the molecule is CCC(=O)Nc1ccc(N2C(=S)N[C@@H](c3ccccn3)[C@H]2c2cc(C)n(-c3cc(Cl)ccc3C)c2C)cc1OC. The summed E-state index contributed by atoms with van der Waals surface area (Å²) in [7, 11) is 1.59. The molecule has 40 heavy (non-hydrogen) atoms. The summed E-state index contributed by atoms with van der Waals surface area (Å²) in [6.45, 7) is 8.13. The van der Waals surface area contributed by atoms with E-state index in [4.69, 9.17) is 28.6 Å². The normalized spacial score (nSPS) is 16.6. The third kappa shape index (κ3) is 5.05. The van der Waals surface area contributed by atoms with Gasteiger partial charge in [-0.2, -0.15) is 0 Å². The molecule has 4 aromatic rings. The van der Waals surface area contributed by atoms with Gasteiger partial charge in [0.1, 0.15) is 5.75 Å². The van der Waals surface area contributed by atoms with Gasteiger partial charge >= 0.3 is 0 Å². The van der Waals surface area contributed by atoms with Crippen LogP contribution in [0.5, 0.6) is 5.75 Å². The number of carbonyl (C=O) groups is 1. The lowest BCUT2D eigenvalue weighted by Gasteiger charge is -2.29. The van der Waals surface area contributed by atoms with Crippen LogP contribution in [-0.4, -0.2) is 27.7 Å². The molecule has 0 saturated carbocycles. The third-order valence-electron chi connectivity index (χ3n) is 7.36. The number of amides is 1. The average Bonchev–Trinajstić information content (AvgIpc) is 3.45. The van der Waals surface area contributed by atoms with Crippen LogP contribution in [-0.2, 0) is 4.79 Å². The Labute approximate surface area is 245 Å². The number of nitrogens with one attached hydrogen (secondary N) is 2. The molecule has 1 aliphatic heterocycles. The van der Waals surface area contributed by atoms with Crippen LogP contribution >= 0.6 is 23.8 Å². The maximum absolute atomic E-state index is 12.1. The number of ether oxygens (including phenoxy) is 1. The Morgan fingerprint density at radius 2 is 1.93 bits per heavy atom. The predicted molar refractivity (Wildman–Crippen MR) is 165 cm³/mol. The molecule has 206 valence electrons. The number of pyridine rings is 1. The molecule has 2 atom stereocenters. The monoisotopic (exact) mass is 573 g/mol. The number of aryl methyl sites for hydroxylation is 2. The second-order valence-electron chi connectivity index (χ2n) is 9.88. The van der Waals surface area contributed by atoms with Crippen LogP contribution in [0.4, 0.5) is 11.4 Å². The molecule has 1 amide bonds. The summed E-state index contributed by atoms with van der Waals surface area (Å²) in [4.78, 5) is 18.9. The fourth-order valence-electron chi connectivity index (χ4n) is 5.40. The van der Waals surface area contributed by atoms with E-state index in [9.17, 15) is 4.79 Å². The van der Waals surface area contributed by atoms with Gasteiger partial charge in [-0.1, -0.05) is 30.7 Å². The first-order chi connectivity index (χ1) is 19.2. The van der Waals surface area contributed by atoms with Gasteiger partial charge in [0.2, 0.25) is 5.91 Å². The Morgan fingerprint density at radius 3 is 2.62 bits per heavy atom. The molecule has 5 rings (SSSR count). The van der Waals surface area contributed by atoms with Crippen molar-refractivity contribution in [2.24, 2.45) is 0 Å². The zero-order valence-electron chi connectivity index (χ0n) is 23.2. The van der Waals surface area contributed by atoms with Gasteiger partial charge in [-0.15, -0.1) is 0 Å². The maximum Gasteiger partial charge on any atom is 0.224 e. The van der Waals surface area contributed by atoms with Crippen molar-refractivity contribution in [2.45, 2.75) is 46.2 Å². The number of hydrogen-bond acceptors (Lipinski definition) is 4. The number of aromatic nitrogens is 2. The number of nitrogens with zero attached hydrogens (tertiary/aromatic N) is 3. The summed E-state index contributed by atoms with van der Waals surface area (Å²) in [5.74, 6) is 0.475. The van der Waals surface area contributed by atoms with Gasteiger partial charge in [-0.3, -0.25) is 9.78 Å². The molecular weight excluding hydrogens is 542 g/mol. The standard InChI is InChI=1S/C31H32ClN5O2S/c1-6-28(38)34-24-13-12-22(17-27(24)39-5)37-30(29(35-31(37)40)25-9-7-8-14-33-25)23-15-19(3)36(20(23)4)26-16-21(32)11-10-18(26)2/h7-17,29-30H,6H2,1-5H3,(H,34,38)(H,35,40)/t29-,30+/m0/s1. The van der Waals surface area contributed by atoms with Crippen LogP contribution in [0.2, 0.25) is 5.02 Å². The zero-order chi connectivity index (χ0) is 28.6. The summed E-state index contributed by atoms with van der Waals surface area (Å²) in [6.07, 6.45) is 2.17. The number of thiocarbonyl (C=S) groups is 1. The molecule has 2 aromatic heterocycles. The Balaban J connectivity index is 1.66. The number of halogens is 1. The van der Waals surface area contributed by atoms with Crippen molar-refractivity contribution in [1.29, 1.82) is 0 Å². The largest absolute Gasteiger partial charge is 0.494 e. The van der Waals surface area contributed by atoms with E-state index in [1.807, 2.05) is 61.5 Å². The number of rotatable bonds is 7. The van der Waals surface area contributed by atoms with Crippen LogP contribution < -0.4 is 20.3 Å². The molecule has 0 bridgehead atoms. The highest BCUT2D eigenvalue weighted by Crippen LogP contribution is 2.45. The zero-order valence-corrected chi connectivity index (χ0v) is 24.7. The van der Waals surface area contributed by atoms with Crippen molar-refractivity contribution < 1.29 is 9.53 Å². The van der Waals surface area contributed by atoms with Crippen molar-refractivity contribution in [3.8, 4) is 11.4 Å². The quantitative estimate of drug-likeness (QED) is 0.232. The van der Waals surface area contributed by atoms with E-state index < -0.39 is 0 Å². The lowest BCUT2D eigenvalue weighted by atomic mass is 9.96. The van der Waals surface area contributed by atoms with E-state index in [1.165, 1.54) is 0 Å². The Bertz CT molecular complexity index is 1590. The molecule has 0 spiro atoms. The molecule has 1 fully saturated rings. The molecule has 1 aliphatic rings. The van der Waals surface area contributed by atoms with Gasteiger partial charge in [0.25, 0.3) is 0 Å². The first kappa shape index (κ1) is 27.7. The maximum atomic E-state index is 12.1. The van der Waals surface area contributed by atoms with Crippen molar-refractivity contribution in [2.75, 3.05) is 17.3 Å². The van der Waals surface area contributed by atoms with Gasteiger partial charge in [-0.05, 0) is 86.6 Å². The number of carbonyl (C=O) groups excluding carboxylic acids is 1. The van der Waals surface area contributed by atoms with E-state index in [2.05, 4.69) is 51.9 Å². The highest BCUT2D eigenvalue weighted by atomic mass is 35.5. The van der Waals surface area contributed by atoms with Crippen LogP contribution in [0.25, 0.3) is 5.69 Å². The van der Waals surface area contributed by atoms with E-state index in [0.717, 1.165) is 39.6 Å².